The molecule has 2 rings (SSSR count). The second-order valence-electron chi connectivity index (χ2n) is 4.69. The average Bonchev–Trinajstić information content (AvgIpc) is 2.89. The normalized spacial score (nSPS) is 15.9. The summed E-state index contributed by atoms with van der Waals surface area (Å²) in [6.45, 7) is 0.776. The molecular weight excluding hydrogens is 316 g/mol. The van der Waals surface area contributed by atoms with Gasteiger partial charge in [-0.25, -0.2) is 0 Å². The summed E-state index contributed by atoms with van der Waals surface area (Å²) in [4.78, 5) is 0. The van der Waals surface area contributed by atoms with Crippen molar-refractivity contribution in [2.45, 2.75) is 31.0 Å². The van der Waals surface area contributed by atoms with E-state index in [2.05, 4.69) is 15.9 Å². The molecule has 4 heteroatoms. The van der Waals surface area contributed by atoms with Crippen molar-refractivity contribution in [2.24, 2.45) is 5.92 Å². The highest BCUT2D eigenvalue weighted by Crippen LogP contribution is 2.37. The summed E-state index contributed by atoms with van der Waals surface area (Å²) in [5.74, 6) is 2.23. The average molecular weight is 334 g/mol. The van der Waals surface area contributed by atoms with E-state index in [4.69, 9.17) is 21.1 Å². The van der Waals surface area contributed by atoms with Crippen LogP contribution in [0.1, 0.15) is 31.2 Å². The van der Waals surface area contributed by atoms with E-state index >= 15 is 0 Å². The van der Waals surface area contributed by atoms with Gasteiger partial charge in [-0.05, 0) is 24.8 Å². The lowest BCUT2D eigenvalue weighted by molar-refractivity contribution is 0.239. The van der Waals surface area contributed by atoms with Crippen molar-refractivity contribution in [1.29, 1.82) is 0 Å². The zero-order chi connectivity index (χ0) is 13.0. The minimum Gasteiger partial charge on any atom is -0.493 e. The molecule has 0 bridgehead atoms. The van der Waals surface area contributed by atoms with E-state index in [1.165, 1.54) is 25.7 Å². The third-order valence-electron chi connectivity index (χ3n) is 3.40. The standard InChI is InChI=1S/C14H18BrClO2/c1-17-13-7-12(16)6-11(8-15)14(13)18-9-10-4-2-3-5-10/h6-7,10H,2-5,8-9H2,1H3. The van der Waals surface area contributed by atoms with Gasteiger partial charge in [0.25, 0.3) is 0 Å². The van der Waals surface area contributed by atoms with Gasteiger partial charge in [-0.15, -0.1) is 0 Å². The van der Waals surface area contributed by atoms with E-state index in [1.807, 2.05) is 6.07 Å². The van der Waals surface area contributed by atoms with Crippen molar-refractivity contribution in [2.75, 3.05) is 13.7 Å². The van der Waals surface area contributed by atoms with Crippen LogP contribution in [0.3, 0.4) is 0 Å². The number of hydrogen-bond donors (Lipinski definition) is 0. The predicted molar refractivity (Wildman–Crippen MR) is 78.1 cm³/mol. The van der Waals surface area contributed by atoms with Crippen LogP contribution in [0.5, 0.6) is 11.5 Å². The highest BCUT2D eigenvalue weighted by Gasteiger charge is 2.18. The summed E-state index contributed by atoms with van der Waals surface area (Å²) in [6, 6.07) is 3.72. The number of benzene rings is 1. The summed E-state index contributed by atoms with van der Waals surface area (Å²) in [7, 11) is 1.64. The molecule has 0 spiro atoms. The third-order valence-corrected chi connectivity index (χ3v) is 4.22. The Bertz CT molecular complexity index is 378. The summed E-state index contributed by atoms with van der Waals surface area (Å²) in [5, 5.41) is 1.39. The molecule has 1 aromatic rings. The maximum absolute atomic E-state index is 6.05. The van der Waals surface area contributed by atoms with E-state index in [9.17, 15) is 0 Å². The van der Waals surface area contributed by atoms with E-state index in [0.717, 1.165) is 23.7 Å². The molecule has 1 aromatic carbocycles. The maximum Gasteiger partial charge on any atom is 0.165 e. The summed E-state index contributed by atoms with van der Waals surface area (Å²) in [5.41, 5.74) is 1.04. The van der Waals surface area contributed by atoms with Gasteiger partial charge in [0.1, 0.15) is 0 Å². The van der Waals surface area contributed by atoms with Gasteiger partial charge in [-0.3, -0.25) is 0 Å². The Morgan fingerprint density at radius 1 is 1.33 bits per heavy atom. The van der Waals surface area contributed by atoms with Crippen LogP contribution in [0, 0.1) is 5.92 Å². The van der Waals surface area contributed by atoms with Gasteiger partial charge >= 0.3 is 0 Å². The predicted octanol–water partition coefficient (Wildman–Crippen LogP) is 4.81. The topological polar surface area (TPSA) is 18.5 Å². The van der Waals surface area contributed by atoms with Crippen molar-refractivity contribution in [3.63, 3.8) is 0 Å². The molecule has 1 aliphatic rings. The molecule has 1 fully saturated rings. The Morgan fingerprint density at radius 2 is 2.06 bits per heavy atom. The lowest BCUT2D eigenvalue weighted by Gasteiger charge is -2.17. The van der Waals surface area contributed by atoms with E-state index in [0.29, 0.717) is 16.3 Å². The number of halogens is 2. The molecule has 0 radical (unpaired) electrons. The Morgan fingerprint density at radius 3 is 2.67 bits per heavy atom. The zero-order valence-electron chi connectivity index (χ0n) is 10.5. The van der Waals surface area contributed by atoms with Crippen LogP contribution in [0.4, 0.5) is 0 Å². The number of alkyl halides is 1. The molecule has 2 nitrogen and oxygen atoms in total. The Kier molecular flexibility index (Phi) is 5.19. The number of methoxy groups -OCH3 is 1. The first-order valence-corrected chi connectivity index (χ1v) is 7.79. The molecule has 1 saturated carbocycles. The third kappa shape index (κ3) is 3.33. The minimum absolute atomic E-state index is 0.675. The highest BCUT2D eigenvalue weighted by molar-refractivity contribution is 9.08. The molecule has 0 amide bonds. The minimum atomic E-state index is 0.675. The molecule has 0 aliphatic heterocycles. The second kappa shape index (κ2) is 6.67. The molecule has 18 heavy (non-hydrogen) atoms. The molecule has 0 N–H and O–H groups in total. The zero-order valence-corrected chi connectivity index (χ0v) is 12.9. The van der Waals surface area contributed by atoms with Crippen molar-refractivity contribution >= 4 is 27.5 Å². The van der Waals surface area contributed by atoms with Crippen LogP contribution in [-0.2, 0) is 5.33 Å². The molecule has 0 aromatic heterocycles. The largest absolute Gasteiger partial charge is 0.493 e. The second-order valence-corrected chi connectivity index (χ2v) is 5.69. The van der Waals surface area contributed by atoms with Crippen LogP contribution >= 0.6 is 27.5 Å². The summed E-state index contributed by atoms with van der Waals surface area (Å²) < 4.78 is 11.3. The molecule has 100 valence electrons. The van der Waals surface area contributed by atoms with Crippen molar-refractivity contribution in [3.05, 3.63) is 22.7 Å². The quantitative estimate of drug-likeness (QED) is 0.720. The van der Waals surface area contributed by atoms with Crippen molar-refractivity contribution in [3.8, 4) is 11.5 Å². The van der Waals surface area contributed by atoms with Crippen LogP contribution in [0.25, 0.3) is 0 Å². The van der Waals surface area contributed by atoms with Crippen LogP contribution in [0.2, 0.25) is 5.02 Å². The maximum atomic E-state index is 6.05. The lowest BCUT2D eigenvalue weighted by atomic mass is 10.1. The Labute approximate surface area is 122 Å². The molecule has 0 atom stereocenters. The fourth-order valence-electron chi connectivity index (χ4n) is 2.42. The highest BCUT2D eigenvalue weighted by atomic mass is 79.9. The van der Waals surface area contributed by atoms with Crippen LogP contribution < -0.4 is 9.47 Å². The first-order chi connectivity index (χ1) is 8.74. The van der Waals surface area contributed by atoms with Crippen LogP contribution in [0.15, 0.2) is 12.1 Å². The van der Waals surface area contributed by atoms with E-state index < -0.39 is 0 Å². The van der Waals surface area contributed by atoms with Gasteiger partial charge in [0.05, 0.1) is 13.7 Å². The molecule has 0 unspecified atom stereocenters. The van der Waals surface area contributed by atoms with Gasteiger partial charge in [0.2, 0.25) is 0 Å². The van der Waals surface area contributed by atoms with Gasteiger partial charge in [0.15, 0.2) is 11.5 Å². The van der Waals surface area contributed by atoms with Crippen molar-refractivity contribution < 1.29 is 9.47 Å². The van der Waals surface area contributed by atoms with Gasteiger partial charge in [-0.1, -0.05) is 40.4 Å². The SMILES string of the molecule is COc1cc(Cl)cc(CBr)c1OCC1CCCC1. The fraction of sp³-hybridized carbons (Fsp3) is 0.571. The first kappa shape index (κ1) is 14.0. The van der Waals surface area contributed by atoms with Gasteiger partial charge in [0, 0.05) is 22.0 Å². The summed E-state index contributed by atoms with van der Waals surface area (Å²) in [6.07, 6.45) is 5.22. The van der Waals surface area contributed by atoms with Gasteiger partial charge in [-0.2, -0.15) is 0 Å². The fourth-order valence-corrected chi connectivity index (χ4v) is 3.06. The number of rotatable bonds is 5. The lowest BCUT2D eigenvalue weighted by Crippen LogP contribution is -2.10. The smallest absolute Gasteiger partial charge is 0.165 e. The summed E-state index contributed by atoms with van der Waals surface area (Å²) >= 11 is 9.52. The molecule has 0 heterocycles. The molecule has 1 aliphatic carbocycles. The Balaban J connectivity index is 2.13. The van der Waals surface area contributed by atoms with Gasteiger partial charge < -0.3 is 9.47 Å². The Hall–Kier alpha value is -0.410. The molecule has 0 saturated heterocycles. The van der Waals surface area contributed by atoms with Crippen LogP contribution in [-0.4, -0.2) is 13.7 Å². The van der Waals surface area contributed by atoms with E-state index in [-0.39, 0.29) is 0 Å². The van der Waals surface area contributed by atoms with E-state index in [1.54, 1.807) is 13.2 Å². The first-order valence-electron chi connectivity index (χ1n) is 6.29. The monoisotopic (exact) mass is 332 g/mol. The number of ether oxygens (including phenoxy) is 2. The van der Waals surface area contributed by atoms with Crippen molar-refractivity contribution in [1.82, 2.24) is 0 Å². The number of hydrogen-bond acceptors (Lipinski definition) is 2. The molecular formula is C14H18BrClO2.